The number of piperazine rings is 1. The first-order valence-electron chi connectivity index (χ1n) is 11.4. The van der Waals surface area contributed by atoms with Gasteiger partial charge in [-0.3, -0.25) is 9.69 Å². The number of benzene rings is 1. The molecule has 5 amide bonds. The molecule has 2 unspecified atom stereocenters. The molecule has 3 fully saturated rings. The Hall–Kier alpha value is -3.34. The van der Waals surface area contributed by atoms with Crippen molar-refractivity contribution in [2.45, 2.75) is 44.9 Å². The Kier molecular flexibility index (Phi) is 6.65. The van der Waals surface area contributed by atoms with Crippen LogP contribution >= 0.6 is 0 Å². The molecule has 2 atom stereocenters. The molecule has 0 aromatic heterocycles. The van der Waals surface area contributed by atoms with Gasteiger partial charge in [-0.1, -0.05) is 35.4 Å². The molecule has 184 valence electrons. The largest absolute Gasteiger partial charge is 0.444 e. The summed E-state index contributed by atoms with van der Waals surface area (Å²) in [6.45, 7) is 6.53. The Balaban J connectivity index is 1.40. The molecule has 3 heterocycles. The number of nitrogens with zero attached hydrogens (tertiary/aromatic N) is 4. The van der Waals surface area contributed by atoms with E-state index in [-0.39, 0.29) is 32.2 Å². The zero-order valence-corrected chi connectivity index (χ0v) is 19.6. The van der Waals surface area contributed by atoms with Crippen LogP contribution in [-0.4, -0.2) is 101 Å². The minimum Gasteiger partial charge on any atom is -0.444 e. The van der Waals surface area contributed by atoms with Crippen LogP contribution in [0.1, 0.15) is 26.3 Å². The van der Waals surface area contributed by atoms with Crippen LogP contribution in [0.4, 0.5) is 14.4 Å². The van der Waals surface area contributed by atoms with Crippen LogP contribution < -0.4 is 0 Å². The Morgan fingerprint density at radius 1 is 1.06 bits per heavy atom. The normalized spacial score (nSPS) is 23.1. The highest BCUT2D eigenvalue weighted by molar-refractivity contribution is 6.04. The quantitative estimate of drug-likeness (QED) is 0.615. The van der Waals surface area contributed by atoms with Crippen molar-refractivity contribution in [1.29, 1.82) is 0 Å². The van der Waals surface area contributed by atoms with E-state index in [0.717, 1.165) is 5.56 Å². The van der Waals surface area contributed by atoms with Crippen LogP contribution in [0.15, 0.2) is 30.3 Å². The summed E-state index contributed by atoms with van der Waals surface area (Å²) >= 11 is 0. The lowest BCUT2D eigenvalue weighted by atomic mass is 10.0. The van der Waals surface area contributed by atoms with Gasteiger partial charge in [-0.25, -0.2) is 14.4 Å². The second kappa shape index (κ2) is 9.49. The third kappa shape index (κ3) is 5.09. The van der Waals surface area contributed by atoms with Gasteiger partial charge in [0.25, 0.3) is 5.91 Å². The number of hydrogen-bond acceptors (Lipinski definition) is 7. The first-order chi connectivity index (χ1) is 16.1. The van der Waals surface area contributed by atoms with E-state index in [1.54, 1.807) is 20.8 Å². The highest BCUT2D eigenvalue weighted by Crippen LogP contribution is 2.25. The molecular formula is C23H30N4O7. The topological polar surface area (TPSA) is 109 Å². The maximum Gasteiger partial charge on any atom is 0.435 e. The van der Waals surface area contributed by atoms with Gasteiger partial charge < -0.3 is 24.1 Å². The molecule has 3 aliphatic rings. The van der Waals surface area contributed by atoms with Gasteiger partial charge in [0.1, 0.15) is 11.6 Å². The zero-order valence-electron chi connectivity index (χ0n) is 19.6. The number of hydrogen-bond donors (Lipinski definition) is 0. The van der Waals surface area contributed by atoms with E-state index in [4.69, 9.17) is 14.3 Å². The number of urea groups is 1. The molecule has 11 heteroatoms. The Labute approximate surface area is 198 Å². The molecule has 0 radical (unpaired) electrons. The molecule has 11 nitrogen and oxygen atoms in total. The lowest BCUT2D eigenvalue weighted by molar-refractivity contribution is -0.153. The molecule has 0 bridgehead atoms. The summed E-state index contributed by atoms with van der Waals surface area (Å²) in [6.07, 6.45) is -0.785. The van der Waals surface area contributed by atoms with Gasteiger partial charge in [0.05, 0.1) is 25.8 Å². The standard InChI is InChI=1S/C23H30N4O7/c1-23(2,3)33-21(30)24-9-10-26-18(14-24)19(28)27(20(26)29)34-22(31)25-11-12-32-15-17(25)13-16-7-5-4-6-8-16/h4-8,17-18H,9-15H2,1-3H3. The number of imide groups is 1. The maximum atomic E-state index is 13.0. The van der Waals surface area contributed by atoms with E-state index in [1.165, 1.54) is 14.7 Å². The minimum atomic E-state index is -0.925. The molecule has 3 aliphatic heterocycles. The van der Waals surface area contributed by atoms with Gasteiger partial charge in [0.15, 0.2) is 0 Å². The fourth-order valence-electron chi connectivity index (χ4n) is 4.23. The predicted molar refractivity (Wildman–Crippen MR) is 118 cm³/mol. The minimum absolute atomic E-state index is 0.0261. The van der Waals surface area contributed by atoms with Crippen molar-refractivity contribution < 1.29 is 33.5 Å². The average Bonchev–Trinajstić information content (AvgIpc) is 3.03. The van der Waals surface area contributed by atoms with Gasteiger partial charge in [-0.15, -0.1) is 0 Å². The van der Waals surface area contributed by atoms with E-state index in [2.05, 4.69) is 0 Å². The molecule has 3 saturated heterocycles. The lowest BCUT2D eigenvalue weighted by Gasteiger charge is -2.35. The fraction of sp³-hybridized carbons (Fsp3) is 0.565. The number of fused-ring (bicyclic) bond motifs is 1. The highest BCUT2D eigenvalue weighted by Gasteiger charge is 2.51. The van der Waals surface area contributed by atoms with E-state index in [9.17, 15) is 19.2 Å². The van der Waals surface area contributed by atoms with Gasteiger partial charge in [-0.05, 0) is 32.8 Å². The van der Waals surface area contributed by atoms with Crippen molar-refractivity contribution in [2.75, 3.05) is 39.4 Å². The second-order valence-electron chi connectivity index (χ2n) is 9.52. The van der Waals surface area contributed by atoms with Gasteiger partial charge in [0.2, 0.25) is 0 Å². The molecule has 0 spiro atoms. The predicted octanol–water partition coefficient (Wildman–Crippen LogP) is 1.86. The van der Waals surface area contributed by atoms with E-state index in [1.807, 2.05) is 30.3 Å². The average molecular weight is 475 g/mol. The summed E-state index contributed by atoms with van der Waals surface area (Å²) < 4.78 is 10.9. The highest BCUT2D eigenvalue weighted by atomic mass is 16.7. The van der Waals surface area contributed by atoms with E-state index in [0.29, 0.717) is 24.7 Å². The van der Waals surface area contributed by atoms with Gasteiger partial charge in [-0.2, -0.15) is 0 Å². The first-order valence-corrected chi connectivity index (χ1v) is 11.4. The number of rotatable bonds is 3. The number of morpholine rings is 1. The zero-order chi connectivity index (χ0) is 24.5. The van der Waals surface area contributed by atoms with Crippen molar-refractivity contribution >= 4 is 24.1 Å². The molecule has 0 saturated carbocycles. The van der Waals surface area contributed by atoms with E-state index < -0.39 is 35.8 Å². The van der Waals surface area contributed by atoms with Crippen molar-refractivity contribution in [3.05, 3.63) is 35.9 Å². The van der Waals surface area contributed by atoms with Crippen LogP contribution in [0.2, 0.25) is 0 Å². The summed E-state index contributed by atoms with van der Waals surface area (Å²) in [5, 5.41) is 0.515. The SMILES string of the molecule is CC(C)(C)OC(=O)N1CCN2C(=O)N(OC(=O)N3CCOCC3Cc3ccccc3)C(=O)C2C1. The summed E-state index contributed by atoms with van der Waals surface area (Å²) in [5.41, 5.74) is 0.350. The molecule has 0 N–H and O–H groups in total. The molecule has 4 rings (SSSR count). The van der Waals surface area contributed by atoms with Crippen molar-refractivity contribution in [1.82, 2.24) is 19.8 Å². The first kappa shape index (κ1) is 23.8. The Morgan fingerprint density at radius 3 is 2.50 bits per heavy atom. The Bertz CT molecular complexity index is 948. The Morgan fingerprint density at radius 2 is 1.79 bits per heavy atom. The number of ether oxygens (including phenoxy) is 2. The maximum absolute atomic E-state index is 13.0. The summed E-state index contributed by atoms with van der Waals surface area (Å²) in [6, 6.07) is 7.74. The summed E-state index contributed by atoms with van der Waals surface area (Å²) in [7, 11) is 0. The third-order valence-corrected chi connectivity index (χ3v) is 5.88. The number of carbonyl (C=O) groups is 4. The molecule has 1 aromatic rings. The monoisotopic (exact) mass is 474 g/mol. The van der Waals surface area contributed by atoms with Crippen molar-refractivity contribution in [3.63, 3.8) is 0 Å². The van der Waals surface area contributed by atoms with Crippen LogP contribution in [0.25, 0.3) is 0 Å². The molecular weight excluding hydrogens is 444 g/mol. The number of hydroxylamine groups is 2. The molecule has 34 heavy (non-hydrogen) atoms. The lowest BCUT2D eigenvalue weighted by Crippen LogP contribution is -2.55. The molecule has 1 aromatic carbocycles. The second-order valence-corrected chi connectivity index (χ2v) is 9.52. The van der Waals surface area contributed by atoms with Gasteiger partial charge >= 0.3 is 18.2 Å². The summed E-state index contributed by atoms with van der Waals surface area (Å²) in [4.78, 5) is 60.7. The smallest absolute Gasteiger partial charge is 0.435 e. The van der Waals surface area contributed by atoms with Crippen LogP contribution in [-0.2, 0) is 25.5 Å². The summed E-state index contributed by atoms with van der Waals surface area (Å²) in [5.74, 6) is -0.681. The molecule has 0 aliphatic carbocycles. The van der Waals surface area contributed by atoms with Crippen molar-refractivity contribution in [2.24, 2.45) is 0 Å². The van der Waals surface area contributed by atoms with Crippen LogP contribution in [0, 0.1) is 0 Å². The fourth-order valence-corrected chi connectivity index (χ4v) is 4.23. The van der Waals surface area contributed by atoms with Gasteiger partial charge in [0, 0.05) is 19.6 Å². The number of amides is 5. The van der Waals surface area contributed by atoms with Crippen LogP contribution in [0.3, 0.4) is 0 Å². The van der Waals surface area contributed by atoms with E-state index >= 15 is 0 Å². The van der Waals surface area contributed by atoms with Crippen LogP contribution in [0.5, 0.6) is 0 Å². The number of carbonyl (C=O) groups excluding carboxylic acids is 4. The van der Waals surface area contributed by atoms with Crippen molar-refractivity contribution in [3.8, 4) is 0 Å². The third-order valence-electron chi connectivity index (χ3n) is 5.88.